The fraction of sp³-hybridized carbons (Fsp3) is 0.500. The zero-order valence-electron chi connectivity index (χ0n) is 9.02. The molecule has 2 nitrogen and oxygen atoms in total. The molecule has 2 aliphatic rings. The van der Waals surface area contributed by atoms with Crippen LogP contribution in [0, 0.1) is 0 Å². The highest BCUT2D eigenvalue weighted by molar-refractivity contribution is 9.10. The molecule has 2 unspecified atom stereocenters. The second-order valence-electron chi connectivity index (χ2n) is 4.71. The van der Waals surface area contributed by atoms with E-state index in [1.807, 2.05) is 6.07 Å². The summed E-state index contributed by atoms with van der Waals surface area (Å²) in [4.78, 5) is 0. The summed E-state index contributed by atoms with van der Waals surface area (Å²) in [6.45, 7) is 4.69. The van der Waals surface area contributed by atoms with Crippen molar-refractivity contribution < 1.29 is 4.74 Å². The molecule has 0 spiro atoms. The molecule has 1 aromatic rings. The monoisotopic (exact) mass is 301 g/mol. The van der Waals surface area contributed by atoms with Crippen LogP contribution < -0.4 is 5.32 Å². The number of hydrogen-bond donors (Lipinski definition) is 1. The van der Waals surface area contributed by atoms with Gasteiger partial charge in [-0.25, -0.2) is 0 Å². The molecule has 0 aromatic heterocycles. The number of hydrogen-bond acceptors (Lipinski definition) is 2. The lowest BCUT2D eigenvalue weighted by atomic mass is 9.81. The fourth-order valence-electron chi connectivity index (χ4n) is 2.71. The molecule has 16 heavy (non-hydrogen) atoms. The highest BCUT2D eigenvalue weighted by atomic mass is 79.9. The van der Waals surface area contributed by atoms with E-state index in [-0.39, 0.29) is 5.60 Å². The summed E-state index contributed by atoms with van der Waals surface area (Å²) < 4.78 is 6.93. The maximum Gasteiger partial charge on any atom is 0.0863 e. The van der Waals surface area contributed by atoms with Gasteiger partial charge in [0.15, 0.2) is 0 Å². The Morgan fingerprint density at radius 1 is 1.56 bits per heavy atom. The molecule has 2 aliphatic heterocycles. The van der Waals surface area contributed by atoms with E-state index in [0.29, 0.717) is 12.5 Å². The maximum atomic E-state index is 6.30. The van der Waals surface area contributed by atoms with Crippen LogP contribution in [0.4, 0.5) is 0 Å². The van der Waals surface area contributed by atoms with Crippen molar-refractivity contribution in [2.24, 2.45) is 0 Å². The summed E-state index contributed by atoms with van der Waals surface area (Å²) in [6, 6.07) is 4.20. The molecule has 1 saturated heterocycles. The van der Waals surface area contributed by atoms with E-state index in [2.05, 4.69) is 34.2 Å². The average Bonchev–Trinajstić information content (AvgIpc) is 2.65. The second-order valence-corrected chi connectivity index (χ2v) is 5.95. The predicted molar refractivity (Wildman–Crippen MR) is 68.0 cm³/mol. The first kappa shape index (κ1) is 11.0. The highest BCUT2D eigenvalue weighted by Crippen LogP contribution is 2.44. The normalized spacial score (nSPS) is 32.3. The molecule has 2 heterocycles. The number of ether oxygens (including phenoxy) is 1. The van der Waals surface area contributed by atoms with Gasteiger partial charge < -0.3 is 10.1 Å². The molecule has 0 amide bonds. The molecule has 4 heteroatoms. The predicted octanol–water partition coefficient (Wildman–Crippen LogP) is 3.08. The van der Waals surface area contributed by atoms with Crippen molar-refractivity contribution >= 4 is 27.5 Å². The van der Waals surface area contributed by atoms with Gasteiger partial charge in [0, 0.05) is 29.0 Å². The van der Waals surface area contributed by atoms with Crippen LogP contribution in [0.25, 0.3) is 0 Å². The third-order valence-electron chi connectivity index (χ3n) is 3.72. The van der Waals surface area contributed by atoms with Crippen LogP contribution in [0.1, 0.15) is 24.0 Å². The highest BCUT2D eigenvalue weighted by Gasteiger charge is 2.44. The van der Waals surface area contributed by atoms with Gasteiger partial charge in [0.05, 0.1) is 17.2 Å². The van der Waals surface area contributed by atoms with E-state index in [9.17, 15) is 0 Å². The standard InChI is InChI=1S/C12H13BrClNO/c1-12-6-15-4-9(12)7-2-3-10(13)11(14)8(7)5-16-12/h2-3,9,15H,4-6H2,1H3. The zero-order chi connectivity index (χ0) is 11.3. The minimum atomic E-state index is -0.0653. The Labute approximate surface area is 108 Å². The van der Waals surface area contributed by atoms with Crippen LogP contribution >= 0.6 is 27.5 Å². The summed E-state index contributed by atoms with van der Waals surface area (Å²) in [7, 11) is 0. The first-order valence-corrected chi connectivity index (χ1v) is 6.60. The number of benzene rings is 1. The minimum absolute atomic E-state index is 0.0653. The SMILES string of the molecule is CC12CNCC1c1ccc(Br)c(Cl)c1CO2. The maximum absolute atomic E-state index is 6.30. The van der Waals surface area contributed by atoms with E-state index in [1.165, 1.54) is 5.56 Å². The fourth-order valence-corrected chi connectivity index (χ4v) is 3.31. The van der Waals surface area contributed by atoms with Gasteiger partial charge in [-0.15, -0.1) is 0 Å². The molecule has 1 aromatic carbocycles. The van der Waals surface area contributed by atoms with Gasteiger partial charge in [0.25, 0.3) is 0 Å². The number of fused-ring (bicyclic) bond motifs is 3. The Bertz CT molecular complexity index is 451. The van der Waals surface area contributed by atoms with Crippen molar-refractivity contribution in [2.75, 3.05) is 13.1 Å². The molecule has 86 valence electrons. The lowest BCUT2D eigenvalue weighted by Crippen LogP contribution is -2.39. The molecule has 1 fully saturated rings. The van der Waals surface area contributed by atoms with E-state index in [4.69, 9.17) is 16.3 Å². The Balaban J connectivity index is 2.14. The van der Waals surface area contributed by atoms with Crippen molar-refractivity contribution in [3.63, 3.8) is 0 Å². The quantitative estimate of drug-likeness (QED) is 0.795. The van der Waals surface area contributed by atoms with E-state index in [1.54, 1.807) is 0 Å². The smallest absolute Gasteiger partial charge is 0.0863 e. The third-order valence-corrected chi connectivity index (χ3v) is 5.04. The van der Waals surface area contributed by atoms with Gasteiger partial charge in [-0.05, 0) is 34.5 Å². The molecule has 0 saturated carbocycles. The topological polar surface area (TPSA) is 21.3 Å². The van der Waals surface area contributed by atoms with Gasteiger partial charge in [-0.1, -0.05) is 17.7 Å². The molecule has 1 N–H and O–H groups in total. The molecular weight excluding hydrogens is 289 g/mol. The van der Waals surface area contributed by atoms with E-state index >= 15 is 0 Å². The summed E-state index contributed by atoms with van der Waals surface area (Å²) in [5.74, 6) is 0.418. The van der Waals surface area contributed by atoms with E-state index in [0.717, 1.165) is 28.1 Å². The van der Waals surface area contributed by atoms with Gasteiger partial charge in [0.1, 0.15) is 0 Å². The van der Waals surface area contributed by atoms with Gasteiger partial charge >= 0.3 is 0 Å². The average molecular weight is 303 g/mol. The number of rotatable bonds is 0. The number of halogens is 2. The van der Waals surface area contributed by atoms with Crippen LogP contribution in [-0.4, -0.2) is 18.7 Å². The zero-order valence-corrected chi connectivity index (χ0v) is 11.4. The van der Waals surface area contributed by atoms with E-state index < -0.39 is 0 Å². The Kier molecular flexibility index (Phi) is 2.55. The summed E-state index contributed by atoms with van der Waals surface area (Å²) in [5.41, 5.74) is 2.42. The Morgan fingerprint density at radius 2 is 2.38 bits per heavy atom. The molecule has 0 aliphatic carbocycles. The van der Waals surface area contributed by atoms with Gasteiger partial charge in [-0.3, -0.25) is 0 Å². The second kappa shape index (κ2) is 3.70. The largest absolute Gasteiger partial charge is 0.369 e. The van der Waals surface area contributed by atoms with Crippen molar-refractivity contribution in [1.29, 1.82) is 0 Å². The van der Waals surface area contributed by atoms with Crippen LogP contribution in [0.3, 0.4) is 0 Å². The summed E-state index contributed by atoms with van der Waals surface area (Å²) >= 11 is 9.76. The molecule has 0 radical (unpaired) electrons. The summed E-state index contributed by atoms with van der Waals surface area (Å²) in [5, 5.41) is 4.20. The Morgan fingerprint density at radius 3 is 3.19 bits per heavy atom. The van der Waals surface area contributed by atoms with Crippen molar-refractivity contribution in [1.82, 2.24) is 5.32 Å². The lowest BCUT2D eigenvalue weighted by Gasteiger charge is -2.37. The minimum Gasteiger partial charge on any atom is -0.369 e. The van der Waals surface area contributed by atoms with Crippen LogP contribution in [0.15, 0.2) is 16.6 Å². The first-order valence-electron chi connectivity index (χ1n) is 5.43. The summed E-state index contributed by atoms with van der Waals surface area (Å²) in [6.07, 6.45) is 0. The van der Waals surface area contributed by atoms with Crippen molar-refractivity contribution in [3.8, 4) is 0 Å². The van der Waals surface area contributed by atoms with Crippen LogP contribution in [-0.2, 0) is 11.3 Å². The lowest BCUT2D eigenvalue weighted by molar-refractivity contribution is -0.0517. The molecule has 2 atom stereocenters. The van der Waals surface area contributed by atoms with Crippen molar-refractivity contribution in [2.45, 2.75) is 25.0 Å². The van der Waals surface area contributed by atoms with Crippen molar-refractivity contribution in [3.05, 3.63) is 32.8 Å². The first-order chi connectivity index (χ1) is 7.62. The van der Waals surface area contributed by atoms with Gasteiger partial charge in [0.2, 0.25) is 0 Å². The molecule has 0 bridgehead atoms. The van der Waals surface area contributed by atoms with Gasteiger partial charge in [-0.2, -0.15) is 0 Å². The van der Waals surface area contributed by atoms with Crippen LogP contribution in [0.5, 0.6) is 0 Å². The Hall–Kier alpha value is -0.0900. The number of nitrogens with one attached hydrogen (secondary N) is 1. The third kappa shape index (κ3) is 1.46. The van der Waals surface area contributed by atoms with Crippen LogP contribution in [0.2, 0.25) is 5.02 Å². The molecular formula is C12H13BrClNO. The molecule has 3 rings (SSSR count).